The van der Waals surface area contributed by atoms with Crippen LogP contribution in [0.3, 0.4) is 0 Å². The van der Waals surface area contributed by atoms with E-state index >= 15 is 0 Å². The largest absolute Gasteiger partial charge is 0.394 e. The molecule has 0 aliphatic carbocycles. The van der Waals surface area contributed by atoms with Gasteiger partial charge in [0.05, 0.1) is 18.8 Å². The molecule has 0 spiro atoms. The van der Waals surface area contributed by atoms with E-state index in [0.29, 0.717) is 6.42 Å². The number of hydrogen-bond acceptors (Lipinski definition) is 4. The summed E-state index contributed by atoms with van der Waals surface area (Å²) < 4.78 is 0. The van der Waals surface area contributed by atoms with Crippen LogP contribution in [-0.2, 0) is 4.79 Å². The predicted octanol–water partition coefficient (Wildman–Crippen LogP) is 9.20. The van der Waals surface area contributed by atoms with Gasteiger partial charge < -0.3 is 20.6 Å². The first-order chi connectivity index (χ1) is 21.1. The molecule has 1 amide bonds. The molecule has 4 N–H and O–H groups in total. The number of hydrogen-bond donors (Lipinski definition) is 4. The topological polar surface area (TPSA) is 89.8 Å². The number of allylic oxidation sites excluding steroid dienone is 9. The van der Waals surface area contributed by atoms with Gasteiger partial charge >= 0.3 is 0 Å². The molecule has 5 nitrogen and oxygen atoms in total. The zero-order chi connectivity index (χ0) is 31.6. The number of amides is 1. The fraction of sp³-hybridized carbons (Fsp3) is 0.711. The highest BCUT2D eigenvalue weighted by molar-refractivity contribution is 5.80. The average Bonchev–Trinajstić information content (AvgIpc) is 3.01. The third kappa shape index (κ3) is 28.6. The van der Waals surface area contributed by atoms with E-state index in [-0.39, 0.29) is 6.61 Å². The molecular weight excluding hydrogens is 534 g/mol. The highest BCUT2D eigenvalue weighted by Crippen LogP contribution is 2.11. The lowest BCUT2D eigenvalue weighted by atomic mass is 10.0. The van der Waals surface area contributed by atoms with Crippen LogP contribution >= 0.6 is 0 Å². The molecule has 0 saturated carbocycles. The maximum Gasteiger partial charge on any atom is 0.249 e. The third-order valence-corrected chi connectivity index (χ3v) is 7.56. The van der Waals surface area contributed by atoms with E-state index in [9.17, 15) is 20.1 Å². The number of rotatable bonds is 30. The van der Waals surface area contributed by atoms with Gasteiger partial charge in [0.25, 0.3) is 0 Å². The highest BCUT2D eigenvalue weighted by atomic mass is 16.3. The van der Waals surface area contributed by atoms with Crippen molar-refractivity contribution in [3.05, 3.63) is 60.8 Å². The second kappa shape index (κ2) is 33.0. The minimum Gasteiger partial charge on any atom is -0.394 e. The van der Waals surface area contributed by atoms with Crippen molar-refractivity contribution in [2.45, 2.75) is 167 Å². The smallest absolute Gasteiger partial charge is 0.249 e. The minimum absolute atomic E-state index is 0.388. The molecular formula is C38H67NO4. The minimum atomic E-state index is -1.12. The van der Waals surface area contributed by atoms with E-state index in [2.05, 4.69) is 67.8 Å². The van der Waals surface area contributed by atoms with Gasteiger partial charge in [-0.05, 0) is 77.0 Å². The third-order valence-electron chi connectivity index (χ3n) is 7.56. The molecule has 0 aromatic carbocycles. The lowest BCUT2D eigenvalue weighted by molar-refractivity contribution is -0.131. The molecule has 0 aromatic heterocycles. The molecule has 0 radical (unpaired) electrons. The molecule has 5 heteroatoms. The molecule has 0 aromatic rings. The van der Waals surface area contributed by atoms with E-state index < -0.39 is 24.2 Å². The van der Waals surface area contributed by atoms with Crippen LogP contribution in [0, 0.1) is 0 Å². The van der Waals surface area contributed by atoms with Gasteiger partial charge in [-0.25, -0.2) is 0 Å². The van der Waals surface area contributed by atoms with Crippen molar-refractivity contribution in [1.29, 1.82) is 0 Å². The molecule has 0 aliphatic rings. The van der Waals surface area contributed by atoms with Crippen molar-refractivity contribution < 1.29 is 20.1 Å². The number of aliphatic hydroxyl groups is 3. The van der Waals surface area contributed by atoms with Crippen LogP contribution < -0.4 is 5.32 Å². The van der Waals surface area contributed by atoms with Crippen LogP contribution in [-0.4, -0.2) is 46.1 Å². The SMILES string of the molecule is CCCCC/C=C\C/C=C\CCCCCCCCC(O)C(=O)NC(CO)C(O)/C=C/CC/C=C/CC/C=C/CCCCC. The Morgan fingerprint density at radius 2 is 1.02 bits per heavy atom. The van der Waals surface area contributed by atoms with Gasteiger partial charge in [0.2, 0.25) is 5.91 Å². The second-order valence-electron chi connectivity index (χ2n) is 11.7. The Bertz CT molecular complexity index is 755. The van der Waals surface area contributed by atoms with Gasteiger partial charge in [-0.2, -0.15) is 0 Å². The Morgan fingerprint density at radius 3 is 1.56 bits per heavy atom. The van der Waals surface area contributed by atoms with Crippen LogP contribution in [0.5, 0.6) is 0 Å². The average molecular weight is 602 g/mol. The maximum absolute atomic E-state index is 12.4. The first-order valence-corrected chi connectivity index (χ1v) is 17.6. The summed E-state index contributed by atoms with van der Waals surface area (Å²) in [5, 5.41) is 32.8. The van der Waals surface area contributed by atoms with Crippen LogP contribution in [0.15, 0.2) is 60.8 Å². The second-order valence-corrected chi connectivity index (χ2v) is 11.7. The summed E-state index contributed by atoms with van der Waals surface area (Å²) in [6, 6.07) is -0.825. The van der Waals surface area contributed by atoms with Crippen LogP contribution in [0.25, 0.3) is 0 Å². The zero-order valence-electron chi connectivity index (χ0n) is 27.8. The fourth-order valence-electron chi connectivity index (χ4n) is 4.71. The summed E-state index contributed by atoms with van der Waals surface area (Å²) in [5.74, 6) is -0.531. The van der Waals surface area contributed by atoms with Crippen molar-refractivity contribution in [3.63, 3.8) is 0 Å². The maximum atomic E-state index is 12.4. The Balaban J connectivity index is 3.88. The van der Waals surface area contributed by atoms with Crippen molar-refractivity contribution in [1.82, 2.24) is 5.32 Å². The van der Waals surface area contributed by atoms with Crippen LogP contribution in [0.2, 0.25) is 0 Å². The highest BCUT2D eigenvalue weighted by Gasteiger charge is 2.22. The Morgan fingerprint density at radius 1 is 0.581 bits per heavy atom. The molecule has 0 saturated heterocycles. The van der Waals surface area contributed by atoms with E-state index in [1.807, 2.05) is 6.08 Å². The fourth-order valence-corrected chi connectivity index (χ4v) is 4.71. The normalized spacial score (nSPS) is 14.6. The Kier molecular flexibility index (Phi) is 31.5. The van der Waals surface area contributed by atoms with Gasteiger partial charge in [-0.3, -0.25) is 4.79 Å². The van der Waals surface area contributed by atoms with E-state index in [0.717, 1.165) is 57.8 Å². The molecule has 248 valence electrons. The molecule has 3 atom stereocenters. The molecule has 0 rings (SSSR count). The molecule has 0 bridgehead atoms. The summed E-state index contributed by atoms with van der Waals surface area (Å²) in [5.41, 5.74) is 0. The summed E-state index contributed by atoms with van der Waals surface area (Å²) >= 11 is 0. The van der Waals surface area contributed by atoms with Crippen molar-refractivity contribution in [3.8, 4) is 0 Å². The molecule has 0 aliphatic heterocycles. The molecule has 43 heavy (non-hydrogen) atoms. The van der Waals surface area contributed by atoms with Gasteiger partial charge in [-0.15, -0.1) is 0 Å². The zero-order valence-corrected chi connectivity index (χ0v) is 27.8. The van der Waals surface area contributed by atoms with E-state index in [1.165, 1.54) is 70.6 Å². The van der Waals surface area contributed by atoms with Crippen molar-refractivity contribution in [2.75, 3.05) is 6.61 Å². The van der Waals surface area contributed by atoms with Crippen molar-refractivity contribution in [2.24, 2.45) is 0 Å². The van der Waals surface area contributed by atoms with E-state index in [1.54, 1.807) is 6.08 Å². The van der Waals surface area contributed by atoms with E-state index in [4.69, 9.17) is 0 Å². The number of nitrogens with one attached hydrogen (secondary N) is 1. The van der Waals surface area contributed by atoms with Gasteiger partial charge in [0.1, 0.15) is 6.10 Å². The predicted molar refractivity (Wildman–Crippen MR) is 185 cm³/mol. The first-order valence-electron chi connectivity index (χ1n) is 17.6. The molecule has 0 heterocycles. The molecule has 3 unspecified atom stereocenters. The summed E-state index contributed by atoms with van der Waals surface area (Å²) in [4.78, 5) is 12.4. The number of carbonyl (C=O) groups is 1. The summed E-state index contributed by atoms with van der Waals surface area (Å²) in [6.45, 7) is 4.07. The van der Waals surface area contributed by atoms with Gasteiger partial charge in [0.15, 0.2) is 0 Å². The lowest BCUT2D eigenvalue weighted by Gasteiger charge is -2.21. The number of unbranched alkanes of at least 4 members (excludes halogenated alkanes) is 14. The van der Waals surface area contributed by atoms with Gasteiger partial charge in [0, 0.05) is 0 Å². The standard InChI is InChI=1S/C38H67NO4/c1-3-5-7-9-11-13-15-17-18-19-21-23-25-27-29-31-33-37(42)38(43)39-35(34-40)36(41)32-30-28-26-24-22-20-16-14-12-10-8-6-4-2/h11-14,17-18,22,24,30,32,35-37,40-42H,3-10,15-16,19-21,23,25-29,31,33-34H2,1-2H3,(H,39,43)/b13-11-,14-12+,18-17-,24-22+,32-30+. The number of aliphatic hydroxyl groups excluding tert-OH is 3. The first kappa shape index (κ1) is 41.0. The Hall–Kier alpha value is -1.95. The van der Waals surface area contributed by atoms with Crippen molar-refractivity contribution >= 4 is 5.91 Å². The van der Waals surface area contributed by atoms with Crippen LogP contribution in [0.4, 0.5) is 0 Å². The summed E-state index contributed by atoms with van der Waals surface area (Å²) in [6.07, 6.45) is 42.2. The lowest BCUT2D eigenvalue weighted by Crippen LogP contribution is -2.48. The van der Waals surface area contributed by atoms with Crippen LogP contribution in [0.1, 0.15) is 149 Å². The molecule has 0 fully saturated rings. The monoisotopic (exact) mass is 602 g/mol. The Labute approximate surface area is 265 Å². The van der Waals surface area contributed by atoms with Gasteiger partial charge in [-0.1, -0.05) is 132 Å². The number of carbonyl (C=O) groups excluding carboxylic acids is 1. The quantitative estimate of drug-likeness (QED) is 0.0488. The summed E-state index contributed by atoms with van der Waals surface area (Å²) in [7, 11) is 0.